The maximum Gasteiger partial charge on any atom is 0.365 e. The van der Waals surface area contributed by atoms with Crippen molar-refractivity contribution in [1.82, 2.24) is 9.97 Å². The average Bonchev–Trinajstić information content (AvgIpc) is 2.40. The molecule has 0 radical (unpaired) electrons. The summed E-state index contributed by atoms with van der Waals surface area (Å²) in [5, 5.41) is 0. The molecule has 4 nitrogen and oxygen atoms in total. The number of rotatable bonds is 1. The summed E-state index contributed by atoms with van der Waals surface area (Å²) in [7, 11) is 0. The van der Waals surface area contributed by atoms with E-state index in [0.29, 0.717) is 11.4 Å². The van der Waals surface area contributed by atoms with E-state index in [1.165, 1.54) is 0 Å². The van der Waals surface area contributed by atoms with Crippen LogP contribution in [0.25, 0.3) is 22.5 Å². The standard InChI is InChI=1S/C13H8N2O2/c16-13-11-10(7-4-8-14-11)15-12(17-13)9-5-2-1-3-6-9/h1-8H. The highest BCUT2D eigenvalue weighted by Gasteiger charge is 2.07. The van der Waals surface area contributed by atoms with Crippen LogP contribution in [0, 0.1) is 0 Å². The minimum atomic E-state index is -0.463. The first kappa shape index (κ1) is 9.72. The Balaban J connectivity index is 2.30. The van der Waals surface area contributed by atoms with Gasteiger partial charge in [0.15, 0.2) is 5.52 Å². The van der Waals surface area contributed by atoms with Gasteiger partial charge in [-0.1, -0.05) is 18.2 Å². The normalized spacial score (nSPS) is 10.6. The van der Waals surface area contributed by atoms with Crippen LogP contribution in [-0.4, -0.2) is 9.97 Å². The van der Waals surface area contributed by atoms with E-state index in [0.717, 1.165) is 5.56 Å². The molecule has 82 valence electrons. The van der Waals surface area contributed by atoms with E-state index < -0.39 is 5.63 Å². The van der Waals surface area contributed by atoms with E-state index in [9.17, 15) is 4.79 Å². The molecular weight excluding hydrogens is 216 g/mol. The van der Waals surface area contributed by atoms with E-state index in [1.807, 2.05) is 30.3 Å². The second kappa shape index (κ2) is 3.83. The van der Waals surface area contributed by atoms with Crippen molar-refractivity contribution >= 4 is 11.0 Å². The molecule has 0 aliphatic carbocycles. The number of fused-ring (bicyclic) bond motifs is 1. The van der Waals surface area contributed by atoms with Crippen molar-refractivity contribution < 1.29 is 4.42 Å². The van der Waals surface area contributed by atoms with Gasteiger partial charge in [-0.3, -0.25) is 0 Å². The maximum absolute atomic E-state index is 11.7. The molecule has 2 aromatic heterocycles. The van der Waals surface area contributed by atoms with E-state index in [2.05, 4.69) is 9.97 Å². The van der Waals surface area contributed by atoms with Crippen molar-refractivity contribution in [3.63, 3.8) is 0 Å². The zero-order chi connectivity index (χ0) is 11.7. The molecule has 0 atom stereocenters. The predicted octanol–water partition coefficient (Wildman–Crippen LogP) is 2.25. The Kier molecular flexibility index (Phi) is 2.19. The van der Waals surface area contributed by atoms with Crippen molar-refractivity contribution in [2.24, 2.45) is 0 Å². The molecule has 4 heteroatoms. The molecule has 0 bridgehead atoms. The van der Waals surface area contributed by atoms with Gasteiger partial charge >= 0.3 is 5.63 Å². The molecule has 0 spiro atoms. The van der Waals surface area contributed by atoms with Crippen LogP contribution in [-0.2, 0) is 0 Å². The van der Waals surface area contributed by atoms with Gasteiger partial charge in [-0.05, 0) is 24.3 Å². The molecule has 1 aromatic carbocycles. The van der Waals surface area contributed by atoms with E-state index in [1.54, 1.807) is 18.3 Å². The molecule has 0 saturated heterocycles. The summed E-state index contributed by atoms with van der Waals surface area (Å²) in [5.74, 6) is 0.316. The van der Waals surface area contributed by atoms with Gasteiger partial charge in [0.2, 0.25) is 5.89 Å². The molecule has 0 N–H and O–H groups in total. The van der Waals surface area contributed by atoms with E-state index in [4.69, 9.17) is 4.42 Å². The summed E-state index contributed by atoms with van der Waals surface area (Å²) in [5.41, 5.74) is 1.11. The molecule has 0 aliphatic rings. The van der Waals surface area contributed by atoms with Crippen LogP contribution in [0.1, 0.15) is 0 Å². The lowest BCUT2D eigenvalue weighted by Crippen LogP contribution is -2.04. The van der Waals surface area contributed by atoms with Gasteiger partial charge in [0.1, 0.15) is 5.52 Å². The minimum Gasteiger partial charge on any atom is -0.402 e. The largest absolute Gasteiger partial charge is 0.402 e. The molecule has 0 amide bonds. The van der Waals surface area contributed by atoms with Gasteiger partial charge in [0, 0.05) is 11.8 Å². The third-order valence-corrected chi connectivity index (χ3v) is 2.41. The van der Waals surface area contributed by atoms with Gasteiger partial charge in [-0.2, -0.15) is 0 Å². The molecule has 3 aromatic rings. The average molecular weight is 224 g/mol. The highest BCUT2D eigenvalue weighted by molar-refractivity contribution is 5.74. The molecule has 0 fully saturated rings. The summed E-state index contributed by atoms with van der Waals surface area (Å²) in [6.07, 6.45) is 1.54. The Morgan fingerprint density at radius 1 is 1.00 bits per heavy atom. The monoisotopic (exact) mass is 224 g/mol. The summed E-state index contributed by atoms with van der Waals surface area (Å²) in [6.45, 7) is 0. The SMILES string of the molecule is O=c1oc(-c2ccccc2)nc2cccnc12. The van der Waals surface area contributed by atoms with Crippen LogP contribution in [0.2, 0.25) is 0 Å². The van der Waals surface area contributed by atoms with Gasteiger partial charge in [0.25, 0.3) is 0 Å². The van der Waals surface area contributed by atoms with Crippen molar-refractivity contribution in [1.29, 1.82) is 0 Å². The predicted molar refractivity (Wildman–Crippen MR) is 63.5 cm³/mol. The second-order valence-electron chi connectivity index (χ2n) is 3.54. The van der Waals surface area contributed by atoms with Gasteiger partial charge in [0.05, 0.1) is 0 Å². The van der Waals surface area contributed by atoms with E-state index >= 15 is 0 Å². The highest BCUT2D eigenvalue weighted by atomic mass is 16.4. The number of hydrogen-bond acceptors (Lipinski definition) is 4. The third-order valence-electron chi connectivity index (χ3n) is 2.41. The molecule has 2 heterocycles. The smallest absolute Gasteiger partial charge is 0.365 e. The number of aromatic nitrogens is 2. The first-order valence-electron chi connectivity index (χ1n) is 5.16. The number of nitrogens with zero attached hydrogens (tertiary/aromatic N) is 2. The quantitative estimate of drug-likeness (QED) is 0.636. The van der Waals surface area contributed by atoms with Gasteiger partial charge in [-0.15, -0.1) is 0 Å². The lowest BCUT2D eigenvalue weighted by atomic mass is 10.2. The molecule has 17 heavy (non-hydrogen) atoms. The molecule has 0 unspecified atom stereocenters. The molecule has 3 rings (SSSR count). The highest BCUT2D eigenvalue weighted by Crippen LogP contribution is 2.16. The zero-order valence-corrected chi connectivity index (χ0v) is 8.83. The summed E-state index contributed by atoms with van der Waals surface area (Å²) >= 11 is 0. The van der Waals surface area contributed by atoms with Crippen LogP contribution in [0.5, 0.6) is 0 Å². The zero-order valence-electron chi connectivity index (χ0n) is 8.83. The minimum absolute atomic E-state index is 0.257. The molecular formula is C13H8N2O2. The Hall–Kier alpha value is -2.49. The fourth-order valence-electron chi connectivity index (χ4n) is 1.62. The van der Waals surface area contributed by atoms with Crippen LogP contribution < -0.4 is 5.63 Å². The Bertz CT molecular complexity index is 720. The lowest BCUT2D eigenvalue weighted by Gasteiger charge is -2.00. The Labute approximate surface area is 96.6 Å². The van der Waals surface area contributed by atoms with Crippen molar-refractivity contribution in [3.8, 4) is 11.5 Å². The van der Waals surface area contributed by atoms with Crippen LogP contribution in [0.3, 0.4) is 0 Å². The van der Waals surface area contributed by atoms with Crippen LogP contribution >= 0.6 is 0 Å². The Morgan fingerprint density at radius 2 is 1.82 bits per heavy atom. The summed E-state index contributed by atoms with van der Waals surface area (Å²) in [4.78, 5) is 19.9. The molecule has 0 aliphatic heterocycles. The summed E-state index contributed by atoms with van der Waals surface area (Å²) in [6, 6.07) is 12.8. The summed E-state index contributed by atoms with van der Waals surface area (Å²) < 4.78 is 5.15. The number of pyridine rings is 1. The number of benzene rings is 1. The van der Waals surface area contributed by atoms with Gasteiger partial charge in [-0.25, -0.2) is 14.8 Å². The topological polar surface area (TPSA) is 56.0 Å². The second-order valence-corrected chi connectivity index (χ2v) is 3.54. The fourth-order valence-corrected chi connectivity index (χ4v) is 1.62. The fraction of sp³-hybridized carbons (Fsp3) is 0. The first-order valence-corrected chi connectivity index (χ1v) is 5.16. The van der Waals surface area contributed by atoms with Crippen molar-refractivity contribution in [2.75, 3.05) is 0 Å². The van der Waals surface area contributed by atoms with Crippen LogP contribution in [0.15, 0.2) is 57.9 Å². The first-order chi connectivity index (χ1) is 8.34. The van der Waals surface area contributed by atoms with Crippen molar-refractivity contribution in [3.05, 3.63) is 59.1 Å². The van der Waals surface area contributed by atoms with Gasteiger partial charge < -0.3 is 4.42 Å². The van der Waals surface area contributed by atoms with E-state index in [-0.39, 0.29) is 5.52 Å². The van der Waals surface area contributed by atoms with Crippen molar-refractivity contribution in [2.45, 2.75) is 0 Å². The maximum atomic E-state index is 11.7. The number of hydrogen-bond donors (Lipinski definition) is 0. The molecule has 0 saturated carbocycles. The Morgan fingerprint density at radius 3 is 2.65 bits per heavy atom. The lowest BCUT2D eigenvalue weighted by molar-refractivity contribution is 0.516. The third kappa shape index (κ3) is 1.69. The van der Waals surface area contributed by atoms with Crippen LogP contribution in [0.4, 0.5) is 0 Å².